The van der Waals surface area contributed by atoms with Gasteiger partial charge >= 0.3 is 0 Å². The quantitative estimate of drug-likeness (QED) is 0.709. The zero-order valence-corrected chi connectivity index (χ0v) is 11.5. The highest BCUT2D eigenvalue weighted by molar-refractivity contribution is 5.29. The van der Waals surface area contributed by atoms with Crippen molar-refractivity contribution in [1.29, 1.82) is 0 Å². The molecule has 0 unspecified atom stereocenters. The summed E-state index contributed by atoms with van der Waals surface area (Å²) < 4.78 is 7.65. The van der Waals surface area contributed by atoms with E-state index in [0.717, 1.165) is 44.2 Å². The number of hydrogen-bond donors (Lipinski definition) is 1. The number of nitrogens with one attached hydrogen (secondary N) is 1. The first-order chi connectivity index (χ1) is 8.13. The summed E-state index contributed by atoms with van der Waals surface area (Å²) in [5.74, 6) is 0.966. The molecule has 0 amide bonds. The Kier molecular flexibility index (Phi) is 6.05. The normalized spacial score (nSPS) is 11.1. The molecule has 1 aromatic heterocycles. The Morgan fingerprint density at radius 2 is 2.18 bits per heavy atom. The Morgan fingerprint density at radius 1 is 1.41 bits per heavy atom. The van der Waals surface area contributed by atoms with Crippen LogP contribution >= 0.6 is 0 Å². The lowest BCUT2D eigenvalue weighted by Crippen LogP contribution is -2.15. The van der Waals surface area contributed by atoms with Crippen molar-refractivity contribution >= 4 is 5.95 Å². The van der Waals surface area contributed by atoms with E-state index in [0.29, 0.717) is 6.04 Å². The molecular formula is C13H25N3O. The van der Waals surface area contributed by atoms with Crippen LogP contribution < -0.4 is 5.32 Å². The van der Waals surface area contributed by atoms with Gasteiger partial charge in [0.1, 0.15) is 0 Å². The summed E-state index contributed by atoms with van der Waals surface area (Å²) in [7, 11) is 0. The van der Waals surface area contributed by atoms with E-state index >= 15 is 0 Å². The molecule has 17 heavy (non-hydrogen) atoms. The van der Waals surface area contributed by atoms with Crippen LogP contribution in [-0.4, -0.2) is 28.8 Å². The highest BCUT2D eigenvalue weighted by atomic mass is 16.5. The molecule has 0 atom stereocenters. The van der Waals surface area contributed by atoms with Gasteiger partial charge in [0.15, 0.2) is 0 Å². The summed E-state index contributed by atoms with van der Waals surface area (Å²) in [5.41, 5.74) is 1.06. The van der Waals surface area contributed by atoms with Crippen molar-refractivity contribution in [2.45, 2.75) is 53.1 Å². The molecule has 0 aliphatic heterocycles. The summed E-state index contributed by atoms with van der Waals surface area (Å²) in [6.45, 7) is 11.0. The topological polar surface area (TPSA) is 39.1 Å². The summed E-state index contributed by atoms with van der Waals surface area (Å²) in [6, 6.07) is 0.409. The first-order valence-corrected chi connectivity index (χ1v) is 6.51. The Hall–Kier alpha value is -1.03. The number of anilines is 1. The highest BCUT2D eigenvalue weighted by Gasteiger charge is 2.06. The summed E-state index contributed by atoms with van der Waals surface area (Å²) in [4.78, 5) is 4.48. The lowest BCUT2D eigenvalue weighted by atomic mass is 10.4. The van der Waals surface area contributed by atoms with E-state index in [4.69, 9.17) is 4.74 Å². The number of nitrogens with zero attached hydrogens (tertiary/aromatic N) is 2. The lowest BCUT2D eigenvalue weighted by molar-refractivity contribution is 0.129. The van der Waals surface area contributed by atoms with Gasteiger partial charge in [0.05, 0.1) is 5.69 Å². The average molecular weight is 239 g/mol. The van der Waals surface area contributed by atoms with Crippen LogP contribution in [0.15, 0.2) is 6.20 Å². The molecule has 1 aromatic rings. The second-order valence-corrected chi connectivity index (χ2v) is 4.66. The Morgan fingerprint density at radius 3 is 2.82 bits per heavy atom. The van der Waals surface area contributed by atoms with E-state index in [9.17, 15) is 0 Å². The third-order valence-corrected chi connectivity index (χ3v) is 2.35. The van der Waals surface area contributed by atoms with Crippen LogP contribution in [0.5, 0.6) is 0 Å². The van der Waals surface area contributed by atoms with E-state index in [1.165, 1.54) is 0 Å². The van der Waals surface area contributed by atoms with E-state index in [1.807, 2.05) is 6.92 Å². The molecule has 0 radical (unpaired) electrons. The van der Waals surface area contributed by atoms with Gasteiger partial charge in [0, 0.05) is 32.0 Å². The standard InChI is InChI=1S/C13H25N3O/c1-5-8-17-9-6-7-16-10-12(4)15-13(16)14-11(2)3/h10-11H,5-9H2,1-4H3,(H,14,15). The molecule has 0 aromatic carbocycles. The molecule has 0 spiro atoms. The van der Waals surface area contributed by atoms with Crippen LogP contribution in [-0.2, 0) is 11.3 Å². The maximum Gasteiger partial charge on any atom is 0.203 e. The molecule has 4 heteroatoms. The summed E-state index contributed by atoms with van der Waals surface area (Å²) in [6.07, 6.45) is 4.21. The van der Waals surface area contributed by atoms with Gasteiger partial charge in [-0.1, -0.05) is 6.92 Å². The molecule has 0 bridgehead atoms. The van der Waals surface area contributed by atoms with Crippen LogP contribution in [0.3, 0.4) is 0 Å². The third kappa shape index (κ3) is 5.22. The van der Waals surface area contributed by atoms with Crippen molar-refractivity contribution in [2.75, 3.05) is 18.5 Å². The molecule has 4 nitrogen and oxygen atoms in total. The van der Waals surface area contributed by atoms with Crippen LogP contribution in [0.4, 0.5) is 5.95 Å². The summed E-state index contributed by atoms with van der Waals surface area (Å²) >= 11 is 0. The van der Waals surface area contributed by atoms with Gasteiger partial charge in [0.25, 0.3) is 0 Å². The molecule has 1 N–H and O–H groups in total. The fraction of sp³-hybridized carbons (Fsp3) is 0.769. The number of imidazole rings is 1. The number of aryl methyl sites for hydroxylation is 2. The van der Waals surface area contributed by atoms with Gasteiger partial charge < -0.3 is 14.6 Å². The first-order valence-electron chi connectivity index (χ1n) is 6.51. The molecule has 98 valence electrons. The number of ether oxygens (including phenoxy) is 1. The minimum absolute atomic E-state index is 0.409. The van der Waals surface area contributed by atoms with Crippen molar-refractivity contribution in [3.05, 3.63) is 11.9 Å². The zero-order valence-electron chi connectivity index (χ0n) is 11.5. The fourth-order valence-electron chi connectivity index (χ4n) is 1.67. The smallest absolute Gasteiger partial charge is 0.203 e. The van der Waals surface area contributed by atoms with Crippen LogP contribution in [0.25, 0.3) is 0 Å². The predicted octanol–water partition coefficient (Wildman–Crippen LogP) is 2.83. The molecule has 0 fully saturated rings. The van der Waals surface area contributed by atoms with E-state index < -0.39 is 0 Å². The van der Waals surface area contributed by atoms with Crippen molar-refractivity contribution < 1.29 is 4.74 Å². The first kappa shape index (κ1) is 14.0. The van der Waals surface area contributed by atoms with Crippen molar-refractivity contribution in [2.24, 2.45) is 0 Å². The Labute approximate surface area is 104 Å². The fourth-order valence-corrected chi connectivity index (χ4v) is 1.67. The molecular weight excluding hydrogens is 214 g/mol. The third-order valence-electron chi connectivity index (χ3n) is 2.35. The second-order valence-electron chi connectivity index (χ2n) is 4.66. The number of aromatic nitrogens is 2. The maximum absolute atomic E-state index is 5.48. The Balaban J connectivity index is 2.40. The molecule has 1 heterocycles. The minimum atomic E-state index is 0.409. The average Bonchev–Trinajstić information content (AvgIpc) is 2.58. The summed E-state index contributed by atoms with van der Waals surface area (Å²) in [5, 5.41) is 3.36. The molecule has 0 aliphatic rings. The predicted molar refractivity (Wildman–Crippen MR) is 71.4 cm³/mol. The molecule has 0 aliphatic carbocycles. The van der Waals surface area contributed by atoms with Crippen LogP contribution in [0, 0.1) is 6.92 Å². The Bertz CT molecular complexity index is 320. The van der Waals surface area contributed by atoms with E-state index in [-0.39, 0.29) is 0 Å². The minimum Gasteiger partial charge on any atom is -0.381 e. The van der Waals surface area contributed by atoms with Crippen molar-refractivity contribution in [3.63, 3.8) is 0 Å². The number of rotatable bonds is 8. The monoisotopic (exact) mass is 239 g/mol. The zero-order chi connectivity index (χ0) is 12.7. The van der Waals surface area contributed by atoms with Crippen LogP contribution in [0.1, 0.15) is 39.3 Å². The molecule has 0 saturated heterocycles. The highest BCUT2D eigenvalue weighted by Crippen LogP contribution is 2.10. The van der Waals surface area contributed by atoms with E-state index in [1.54, 1.807) is 0 Å². The lowest BCUT2D eigenvalue weighted by Gasteiger charge is -2.12. The molecule has 0 saturated carbocycles. The van der Waals surface area contributed by atoms with Gasteiger partial charge in [-0.25, -0.2) is 4.98 Å². The largest absolute Gasteiger partial charge is 0.381 e. The van der Waals surface area contributed by atoms with Gasteiger partial charge in [-0.05, 0) is 33.6 Å². The second kappa shape index (κ2) is 7.33. The maximum atomic E-state index is 5.48. The van der Waals surface area contributed by atoms with Crippen molar-refractivity contribution in [3.8, 4) is 0 Å². The van der Waals surface area contributed by atoms with Crippen molar-refractivity contribution in [1.82, 2.24) is 9.55 Å². The van der Waals surface area contributed by atoms with Gasteiger partial charge in [-0.2, -0.15) is 0 Å². The molecule has 1 rings (SSSR count). The van der Waals surface area contributed by atoms with Gasteiger partial charge in [-0.15, -0.1) is 0 Å². The number of hydrogen-bond acceptors (Lipinski definition) is 3. The van der Waals surface area contributed by atoms with Gasteiger partial charge in [-0.3, -0.25) is 0 Å². The van der Waals surface area contributed by atoms with E-state index in [2.05, 4.69) is 41.8 Å². The van der Waals surface area contributed by atoms with Gasteiger partial charge in [0.2, 0.25) is 5.95 Å². The van der Waals surface area contributed by atoms with Crippen LogP contribution in [0.2, 0.25) is 0 Å². The SMILES string of the molecule is CCCOCCCn1cc(C)nc1NC(C)C.